The lowest BCUT2D eigenvalue weighted by molar-refractivity contribution is 0.314. The number of hydrogen-bond donors (Lipinski definition) is 0. The lowest BCUT2D eigenvalue weighted by Gasteiger charge is -2.34. The summed E-state index contributed by atoms with van der Waals surface area (Å²) in [5, 5.41) is 0. The summed E-state index contributed by atoms with van der Waals surface area (Å²) in [5.41, 5.74) is 4.07. The van der Waals surface area contributed by atoms with Crippen LogP contribution in [0.5, 0.6) is 0 Å². The van der Waals surface area contributed by atoms with Crippen molar-refractivity contribution < 1.29 is 0 Å². The zero-order valence-corrected chi connectivity index (χ0v) is 13.0. The van der Waals surface area contributed by atoms with Gasteiger partial charge in [0.1, 0.15) is 18.8 Å². The smallest absolute Gasteiger partial charge is 0.133 e. The van der Waals surface area contributed by atoms with Gasteiger partial charge in [0.25, 0.3) is 0 Å². The van der Waals surface area contributed by atoms with Crippen molar-refractivity contribution in [1.82, 2.24) is 4.48 Å². The Balaban J connectivity index is 1.95. The highest BCUT2D eigenvalue weighted by atomic mass is 15.3. The van der Waals surface area contributed by atoms with Gasteiger partial charge < -0.3 is 0 Å². The number of quaternary nitrogens is 1. The summed E-state index contributed by atoms with van der Waals surface area (Å²) in [4.78, 5) is 0. The van der Waals surface area contributed by atoms with Crippen molar-refractivity contribution in [2.45, 2.75) is 13.1 Å². The fraction of sp³-hybridized carbons (Fsp3) is 0.143. The predicted octanol–water partition coefficient (Wildman–Crippen LogP) is 5.02. The first kappa shape index (κ1) is 14.6. The summed E-state index contributed by atoms with van der Waals surface area (Å²) in [6.07, 6.45) is 0. The third-order valence-electron chi connectivity index (χ3n) is 4.13. The van der Waals surface area contributed by atoms with Gasteiger partial charge in [0.15, 0.2) is 0 Å². The normalized spacial score (nSPS) is 11.3. The maximum atomic E-state index is 2.31. The Morgan fingerprint density at radius 3 is 1.32 bits per heavy atom. The first-order chi connectivity index (χ1) is 10.8. The highest BCUT2D eigenvalue weighted by molar-refractivity contribution is 5.43. The Bertz CT molecular complexity index is 648. The van der Waals surface area contributed by atoms with Crippen LogP contribution in [0.3, 0.4) is 0 Å². The van der Waals surface area contributed by atoms with Crippen LogP contribution >= 0.6 is 0 Å². The SMILES string of the molecule is C[N+](Cc1ccccc1)(Cc1ccccc1)c1ccccc1. The summed E-state index contributed by atoms with van der Waals surface area (Å²) in [5.74, 6) is 0. The molecule has 0 saturated heterocycles. The van der Waals surface area contributed by atoms with Crippen molar-refractivity contribution in [3.63, 3.8) is 0 Å². The van der Waals surface area contributed by atoms with Crippen LogP contribution in [-0.4, -0.2) is 7.05 Å². The second-order valence-electron chi connectivity index (χ2n) is 6.02. The van der Waals surface area contributed by atoms with Crippen molar-refractivity contribution >= 4 is 5.69 Å². The Morgan fingerprint density at radius 2 is 0.909 bits per heavy atom. The molecule has 0 saturated carbocycles. The van der Waals surface area contributed by atoms with Crippen LogP contribution in [0.4, 0.5) is 5.69 Å². The number of rotatable bonds is 5. The van der Waals surface area contributed by atoms with Crippen molar-refractivity contribution in [3.8, 4) is 0 Å². The van der Waals surface area contributed by atoms with Gasteiger partial charge in [0.05, 0.1) is 7.05 Å². The molecular formula is C21H22N+. The average Bonchev–Trinajstić information content (AvgIpc) is 2.57. The molecule has 0 aliphatic carbocycles. The summed E-state index contributed by atoms with van der Waals surface area (Å²) in [6.45, 7) is 1.97. The van der Waals surface area contributed by atoms with Gasteiger partial charge in [-0.15, -0.1) is 0 Å². The van der Waals surface area contributed by atoms with Crippen LogP contribution in [0.25, 0.3) is 0 Å². The van der Waals surface area contributed by atoms with E-state index in [9.17, 15) is 0 Å². The third-order valence-corrected chi connectivity index (χ3v) is 4.13. The van der Waals surface area contributed by atoms with Crippen LogP contribution in [0.1, 0.15) is 11.1 Å². The van der Waals surface area contributed by atoms with E-state index in [1.165, 1.54) is 16.8 Å². The molecule has 0 amide bonds. The Morgan fingerprint density at radius 1 is 0.545 bits per heavy atom. The van der Waals surface area contributed by atoms with Gasteiger partial charge in [-0.25, -0.2) is 0 Å². The van der Waals surface area contributed by atoms with E-state index in [1.807, 2.05) is 0 Å². The van der Waals surface area contributed by atoms with Gasteiger partial charge in [-0.2, -0.15) is 0 Å². The van der Waals surface area contributed by atoms with Crippen molar-refractivity contribution in [3.05, 3.63) is 102 Å². The van der Waals surface area contributed by atoms with E-state index in [0.717, 1.165) is 17.6 Å². The zero-order valence-electron chi connectivity index (χ0n) is 13.0. The average molecular weight is 288 g/mol. The molecule has 0 radical (unpaired) electrons. The zero-order chi connectivity index (χ0) is 15.3. The van der Waals surface area contributed by atoms with Crippen LogP contribution < -0.4 is 4.48 Å². The van der Waals surface area contributed by atoms with Crippen molar-refractivity contribution in [2.75, 3.05) is 7.05 Å². The highest BCUT2D eigenvalue weighted by Gasteiger charge is 2.25. The van der Waals surface area contributed by atoms with E-state index in [4.69, 9.17) is 0 Å². The summed E-state index contributed by atoms with van der Waals surface area (Å²) < 4.78 is 0.870. The minimum Gasteiger partial charge on any atom is -0.286 e. The predicted molar refractivity (Wildman–Crippen MR) is 94.5 cm³/mol. The molecule has 0 spiro atoms. The lowest BCUT2D eigenvalue weighted by atomic mass is 10.1. The minimum atomic E-state index is 0.870. The molecule has 0 aliphatic rings. The summed E-state index contributed by atoms with van der Waals surface area (Å²) in [6, 6.07) is 32.3. The Kier molecular flexibility index (Phi) is 4.36. The fourth-order valence-corrected chi connectivity index (χ4v) is 3.00. The van der Waals surface area contributed by atoms with E-state index in [2.05, 4.69) is 98.0 Å². The lowest BCUT2D eigenvalue weighted by Crippen LogP contribution is -2.43. The van der Waals surface area contributed by atoms with Crippen LogP contribution in [0.15, 0.2) is 91.0 Å². The van der Waals surface area contributed by atoms with Gasteiger partial charge in [0, 0.05) is 11.1 Å². The molecule has 22 heavy (non-hydrogen) atoms. The number of para-hydroxylation sites is 1. The van der Waals surface area contributed by atoms with E-state index in [0.29, 0.717) is 0 Å². The van der Waals surface area contributed by atoms with E-state index in [1.54, 1.807) is 0 Å². The summed E-state index contributed by atoms with van der Waals surface area (Å²) >= 11 is 0. The van der Waals surface area contributed by atoms with E-state index < -0.39 is 0 Å². The minimum absolute atomic E-state index is 0.870. The number of hydrogen-bond acceptors (Lipinski definition) is 0. The molecule has 3 aromatic rings. The van der Waals surface area contributed by atoms with Crippen LogP contribution in [0.2, 0.25) is 0 Å². The van der Waals surface area contributed by atoms with Crippen LogP contribution in [-0.2, 0) is 13.1 Å². The maximum Gasteiger partial charge on any atom is 0.133 e. The highest BCUT2D eigenvalue weighted by Crippen LogP contribution is 2.26. The molecule has 0 atom stereocenters. The fourth-order valence-electron chi connectivity index (χ4n) is 3.00. The number of nitrogens with zero attached hydrogens (tertiary/aromatic N) is 1. The van der Waals surface area contributed by atoms with Crippen molar-refractivity contribution in [2.24, 2.45) is 0 Å². The molecule has 1 nitrogen and oxygen atoms in total. The topological polar surface area (TPSA) is 0 Å². The molecular weight excluding hydrogens is 266 g/mol. The molecule has 0 heterocycles. The second kappa shape index (κ2) is 6.59. The molecule has 3 aromatic carbocycles. The first-order valence-electron chi connectivity index (χ1n) is 7.74. The standard InChI is InChI=1S/C21H22N/c1-22(21-15-9-4-10-16-21,17-19-11-5-2-6-12-19)18-20-13-7-3-8-14-20/h2-16H,17-18H2,1H3/q+1. The van der Waals surface area contributed by atoms with Gasteiger partial charge in [-0.3, -0.25) is 4.48 Å². The van der Waals surface area contributed by atoms with Gasteiger partial charge in [-0.05, 0) is 12.1 Å². The maximum absolute atomic E-state index is 2.31. The largest absolute Gasteiger partial charge is 0.286 e. The van der Waals surface area contributed by atoms with E-state index in [-0.39, 0.29) is 0 Å². The molecule has 0 aromatic heterocycles. The third kappa shape index (κ3) is 3.44. The summed E-state index contributed by atoms with van der Waals surface area (Å²) in [7, 11) is 2.31. The molecule has 0 N–H and O–H groups in total. The number of benzene rings is 3. The molecule has 0 fully saturated rings. The molecule has 110 valence electrons. The molecule has 0 unspecified atom stereocenters. The Labute approximate surface area is 133 Å². The van der Waals surface area contributed by atoms with Gasteiger partial charge >= 0.3 is 0 Å². The first-order valence-corrected chi connectivity index (χ1v) is 7.74. The molecule has 0 bridgehead atoms. The monoisotopic (exact) mass is 288 g/mol. The molecule has 0 aliphatic heterocycles. The van der Waals surface area contributed by atoms with E-state index >= 15 is 0 Å². The quantitative estimate of drug-likeness (QED) is 0.578. The van der Waals surface area contributed by atoms with Crippen molar-refractivity contribution in [1.29, 1.82) is 0 Å². The molecule has 1 heteroatoms. The van der Waals surface area contributed by atoms with Gasteiger partial charge in [-0.1, -0.05) is 78.9 Å². The second-order valence-corrected chi connectivity index (χ2v) is 6.02. The van der Waals surface area contributed by atoms with Gasteiger partial charge in [0.2, 0.25) is 0 Å². The Hall–Kier alpha value is -2.38. The molecule has 3 rings (SSSR count). The van der Waals surface area contributed by atoms with Crippen LogP contribution in [0, 0.1) is 0 Å².